The molecule has 2 N–H and O–H groups in total. The van der Waals surface area contributed by atoms with Crippen LogP contribution in [-0.4, -0.2) is 11.8 Å². The van der Waals surface area contributed by atoms with E-state index >= 15 is 0 Å². The van der Waals surface area contributed by atoms with Gasteiger partial charge in [0.15, 0.2) is 0 Å². The van der Waals surface area contributed by atoms with Crippen molar-refractivity contribution in [2.45, 2.75) is 0 Å². The van der Waals surface area contributed by atoms with E-state index in [9.17, 15) is 14.0 Å². The largest absolute Gasteiger partial charge is 0.322 e. The normalized spacial score (nSPS) is 9.93. The standard InChI is InChI=1S/C21H14FN3O2/c22-19-17(20(26)24-15-5-2-1-3-6-15)7-4-8-18(19)21(27)25-16-11-9-14(13-23)10-12-16/h1-12H,(H,24,26)(H,25,27). The number of para-hydroxylation sites is 1. The summed E-state index contributed by atoms with van der Waals surface area (Å²) in [5, 5.41) is 13.9. The number of halogens is 1. The van der Waals surface area contributed by atoms with Gasteiger partial charge in [0.05, 0.1) is 22.8 Å². The highest BCUT2D eigenvalue weighted by Crippen LogP contribution is 2.18. The summed E-state index contributed by atoms with van der Waals surface area (Å²) >= 11 is 0. The summed E-state index contributed by atoms with van der Waals surface area (Å²) in [6.45, 7) is 0. The van der Waals surface area contributed by atoms with E-state index in [2.05, 4.69) is 10.6 Å². The highest BCUT2D eigenvalue weighted by molar-refractivity contribution is 6.09. The van der Waals surface area contributed by atoms with Gasteiger partial charge >= 0.3 is 0 Å². The number of hydrogen-bond acceptors (Lipinski definition) is 3. The fraction of sp³-hybridized carbons (Fsp3) is 0. The van der Waals surface area contributed by atoms with Gasteiger partial charge in [-0.05, 0) is 48.5 Å². The van der Waals surface area contributed by atoms with Gasteiger partial charge in [-0.2, -0.15) is 5.26 Å². The Hall–Kier alpha value is -3.98. The van der Waals surface area contributed by atoms with Crippen LogP contribution in [0.3, 0.4) is 0 Å². The van der Waals surface area contributed by atoms with Crippen molar-refractivity contribution in [1.29, 1.82) is 5.26 Å². The highest BCUT2D eigenvalue weighted by atomic mass is 19.1. The van der Waals surface area contributed by atoms with Crippen LogP contribution in [0.5, 0.6) is 0 Å². The molecule has 0 unspecified atom stereocenters. The van der Waals surface area contributed by atoms with Gasteiger partial charge in [-0.3, -0.25) is 9.59 Å². The van der Waals surface area contributed by atoms with Crippen molar-refractivity contribution in [1.82, 2.24) is 0 Å². The molecule has 6 heteroatoms. The molecule has 0 saturated carbocycles. The quantitative estimate of drug-likeness (QED) is 0.732. The number of rotatable bonds is 4. The first-order chi connectivity index (χ1) is 13.1. The van der Waals surface area contributed by atoms with Crippen LogP contribution in [0.25, 0.3) is 0 Å². The Kier molecular flexibility index (Phi) is 5.24. The average Bonchev–Trinajstić information content (AvgIpc) is 2.69. The summed E-state index contributed by atoms with van der Waals surface area (Å²) in [5.74, 6) is -2.24. The number of hydrogen-bond donors (Lipinski definition) is 2. The fourth-order valence-corrected chi connectivity index (χ4v) is 2.43. The highest BCUT2D eigenvalue weighted by Gasteiger charge is 2.19. The van der Waals surface area contributed by atoms with Gasteiger partial charge in [0.1, 0.15) is 5.82 Å². The van der Waals surface area contributed by atoms with Crippen molar-refractivity contribution in [2.75, 3.05) is 10.6 Å². The van der Waals surface area contributed by atoms with Gasteiger partial charge in [-0.25, -0.2) is 4.39 Å². The predicted molar refractivity (Wildman–Crippen MR) is 99.9 cm³/mol. The third-order valence-electron chi connectivity index (χ3n) is 3.79. The first kappa shape index (κ1) is 17.8. The molecule has 0 aliphatic carbocycles. The number of nitrogens with one attached hydrogen (secondary N) is 2. The lowest BCUT2D eigenvalue weighted by Gasteiger charge is -2.10. The number of nitrogens with zero attached hydrogens (tertiary/aromatic N) is 1. The van der Waals surface area contributed by atoms with E-state index in [-0.39, 0.29) is 11.1 Å². The summed E-state index contributed by atoms with van der Waals surface area (Å²) in [4.78, 5) is 24.7. The Morgan fingerprint density at radius 3 is 1.78 bits per heavy atom. The van der Waals surface area contributed by atoms with Crippen molar-refractivity contribution >= 4 is 23.2 Å². The molecule has 3 rings (SSSR count). The minimum absolute atomic E-state index is 0.230. The van der Waals surface area contributed by atoms with Gasteiger partial charge in [-0.15, -0.1) is 0 Å². The van der Waals surface area contributed by atoms with Gasteiger partial charge in [0.25, 0.3) is 11.8 Å². The summed E-state index contributed by atoms with van der Waals surface area (Å²) < 4.78 is 14.7. The van der Waals surface area contributed by atoms with E-state index in [0.717, 1.165) is 0 Å². The maximum Gasteiger partial charge on any atom is 0.258 e. The molecule has 0 heterocycles. The Balaban J connectivity index is 1.80. The molecule has 0 aromatic heterocycles. The maximum atomic E-state index is 14.7. The van der Waals surface area contributed by atoms with Crippen LogP contribution in [0, 0.1) is 17.1 Å². The van der Waals surface area contributed by atoms with E-state index < -0.39 is 17.6 Å². The predicted octanol–water partition coefficient (Wildman–Crippen LogP) is 4.20. The molecule has 3 aromatic rings. The van der Waals surface area contributed by atoms with Crippen molar-refractivity contribution in [2.24, 2.45) is 0 Å². The molecular weight excluding hydrogens is 345 g/mol. The van der Waals surface area contributed by atoms with Gasteiger partial charge in [0, 0.05) is 11.4 Å². The summed E-state index contributed by atoms with van der Waals surface area (Å²) in [7, 11) is 0. The van der Waals surface area contributed by atoms with E-state index in [1.165, 1.54) is 30.3 Å². The maximum absolute atomic E-state index is 14.7. The number of anilines is 2. The van der Waals surface area contributed by atoms with Crippen LogP contribution < -0.4 is 10.6 Å². The molecule has 0 fully saturated rings. The molecule has 0 bridgehead atoms. The molecule has 0 radical (unpaired) electrons. The molecule has 0 saturated heterocycles. The Morgan fingerprint density at radius 2 is 1.26 bits per heavy atom. The van der Waals surface area contributed by atoms with E-state index in [0.29, 0.717) is 16.9 Å². The van der Waals surface area contributed by atoms with Gasteiger partial charge in [0.2, 0.25) is 0 Å². The van der Waals surface area contributed by atoms with Gasteiger partial charge in [-0.1, -0.05) is 24.3 Å². The van der Waals surface area contributed by atoms with E-state index in [1.54, 1.807) is 42.5 Å². The van der Waals surface area contributed by atoms with Crippen LogP contribution in [0.15, 0.2) is 72.8 Å². The van der Waals surface area contributed by atoms with Crippen molar-refractivity contribution < 1.29 is 14.0 Å². The molecule has 0 spiro atoms. The zero-order valence-corrected chi connectivity index (χ0v) is 14.1. The lowest BCUT2D eigenvalue weighted by molar-refractivity contribution is 0.102. The topological polar surface area (TPSA) is 82.0 Å². The summed E-state index contributed by atoms with van der Waals surface area (Å²) in [5.41, 5.74) is 0.900. The van der Waals surface area contributed by atoms with Crippen LogP contribution in [0.1, 0.15) is 26.3 Å². The van der Waals surface area contributed by atoms with E-state index in [1.807, 2.05) is 6.07 Å². The minimum atomic E-state index is -0.905. The lowest BCUT2D eigenvalue weighted by atomic mass is 10.1. The molecule has 0 atom stereocenters. The van der Waals surface area contributed by atoms with Crippen molar-refractivity contribution in [3.63, 3.8) is 0 Å². The smallest absolute Gasteiger partial charge is 0.258 e. The number of amides is 2. The molecule has 3 aromatic carbocycles. The SMILES string of the molecule is N#Cc1ccc(NC(=O)c2cccc(C(=O)Nc3ccccc3)c2F)cc1. The van der Waals surface area contributed by atoms with Crippen LogP contribution in [0.2, 0.25) is 0 Å². The first-order valence-electron chi connectivity index (χ1n) is 8.05. The second kappa shape index (κ2) is 7.93. The third-order valence-corrected chi connectivity index (χ3v) is 3.79. The Bertz CT molecular complexity index is 1030. The van der Waals surface area contributed by atoms with Crippen LogP contribution >= 0.6 is 0 Å². The van der Waals surface area contributed by atoms with Crippen molar-refractivity contribution in [3.05, 3.63) is 95.3 Å². The van der Waals surface area contributed by atoms with Gasteiger partial charge < -0.3 is 10.6 Å². The van der Waals surface area contributed by atoms with Crippen molar-refractivity contribution in [3.8, 4) is 6.07 Å². The third kappa shape index (κ3) is 4.17. The Morgan fingerprint density at radius 1 is 0.741 bits per heavy atom. The first-order valence-corrected chi connectivity index (χ1v) is 8.05. The van der Waals surface area contributed by atoms with Crippen LogP contribution in [-0.2, 0) is 0 Å². The summed E-state index contributed by atoms with van der Waals surface area (Å²) in [6, 6.07) is 20.8. The minimum Gasteiger partial charge on any atom is -0.322 e. The monoisotopic (exact) mass is 359 g/mol. The molecule has 0 aliphatic heterocycles. The zero-order valence-electron chi connectivity index (χ0n) is 14.1. The number of nitriles is 1. The molecule has 27 heavy (non-hydrogen) atoms. The number of carbonyl (C=O) groups is 2. The fourth-order valence-electron chi connectivity index (χ4n) is 2.43. The number of benzene rings is 3. The molecule has 2 amide bonds. The molecule has 5 nitrogen and oxygen atoms in total. The van der Waals surface area contributed by atoms with Crippen LogP contribution in [0.4, 0.5) is 15.8 Å². The van der Waals surface area contributed by atoms with E-state index in [4.69, 9.17) is 5.26 Å². The summed E-state index contributed by atoms with van der Waals surface area (Å²) in [6.07, 6.45) is 0. The second-order valence-corrected chi connectivity index (χ2v) is 5.63. The zero-order chi connectivity index (χ0) is 19.2. The number of carbonyl (C=O) groups excluding carboxylic acids is 2. The molecule has 132 valence electrons. The average molecular weight is 359 g/mol. The lowest BCUT2D eigenvalue weighted by Crippen LogP contribution is -2.19. The Labute approximate surface area is 155 Å². The molecular formula is C21H14FN3O2. The second-order valence-electron chi connectivity index (χ2n) is 5.63. The molecule has 0 aliphatic rings.